The maximum Gasteiger partial charge on any atom is 0.145 e. The summed E-state index contributed by atoms with van der Waals surface area (Å²) in [7, 11) is 1.59. The average Bonchev–Trinajstić information content (AvgIpc) is 2.59. The minimum Gasteiger partial charge on any atom is -0.496 e. The topological polar surface area (TPSA) is 67.3 Å². The minimum absolute atomic E-state index is 0.327. The zero-order chi connectivity index (χ0) is 15.4. The van der Waals surface area contributed by atoms with Crippen molar-refractivity contribution in [2.45, 2.75) is 6.10 Å². The van der Waals surface area contributed by atoms with Crippen LogP contribution in [-0.2, 0) is 0 Å². The number of anilines is 1. The van der Waals surface area contributed by atoms with E-state index < -0.39 is 6.10 Å². The van der Waals surface area contributed by atoms with Gasteiger partial charge in [0.2, 0.25) is 0 Å². The number of hydrogen-bond acceptors (Lipinski definition) is 5. The van der Waals surface area contributed by atoms with Crippen LogP contribution in [0.1, 0.15) is 11.7 Å². The fourth-order valence-corrected chi connectivity index (χ4v) is 2.30. The van der Waals surface area contributed by atoms with Gasteiger partial charge in [-0.2, -0.15) is 0 Å². The Hall–Kier alpha value is -2.66. The van der Waals surface area contributed by atoms with Gasteiger partial charge >= 0.3 is 0 Å². The van der Waals surface area contributed by atoms with E-state index >= 15 is 0 Å². The summed E-state index contributed by atoms with van der Waals surface area (Å²) < 4.78 is 5.26. The van der Waals surface area contributed by atoms with Gasteiger partial charge < -0.3 is 15.2 Å². The van der Waals surface area contributed by atoms with Gasteiger partial charge in [0.05, 0.1) is 30.4 Å². The Bertz CT molecular complexity index is 776. The van der Waals surface area contributed by atoms with Crippen molar-refractivity contribution in [2.24, 2.45) is 0 Å². The summed E-state index contributed by atoms with van der Waals surface area (Å²) in [6, 6.07) is 15.1. The van der Waals surface area contributed by atoms with Gasteiger partial charge in [-0.05, 0) is 18.2 Å². The Kier molecular flexibility index (Phi) is 4.16. The molecule has 0 amide bonds. The van der Waals surface area contributed by atoms with Crippen LogP contribution >= 0.6 is 0 Å². The maximum absolute atomic E-state index is 10.3. The van der Waals surface area contributed by atoms with E-state index in [0.717, 1.165) is 16.6 Å². The van der Waals surface area contributed by atoms with Gasteiger partial charge in [-0.3, -0.25) is 4.98 Å². The third kappa shape index (κ3) is 2.99. The first-order chi connectivity index (χ1) is 10.8. The molecule has 0 radical (unpaired) electrons. The van der Waals surface area contributed by atoms with Crippen LogP contribution in [0.5, 0.6) is 5.75 Å². The van der Waals surface area contributed by atoms with Crippen LogP contribution in [0, 0.1) is 0 Å². The summed E-state index contributed by atoms with van der Waals surface area (Å²) in [6.45, 7) is 0.327. The number of aliphatic hydroxyl groups excluding tert-OH is 1. The average molecular weight is 295 g/mol. The minimum atomic E-state index is -0.690. The molecule has 0 unspecified atom stereocenters. The lowest BCUT2D eigenvalue weighted by molar-refractivity contribution is 0.187. The molecule has 2 N–H and O–H groups in total. The lowest BCUT2D eigenvalue weighted by atomic mass is 10.1. The molecule has 1 heterocycles. The lowest BCUT2D eigenvalue weighted by Gasteiger charge is -2.15. The molecule has 5 heteroatoms. The molecule has 0 aliphatic heterocycles. The largest absolute Gasteiger partial charge is 0.496 e. The molecule has 3 aromatic rings. The number of nitrogens with one attached hydrogen (secondary N) is 1. The Morgan fingerprint density at radius 2 is 1.82 bits per heavy atom. The van der Waals surface area contributed by atoms with Gasteiger partial charge in [-0.25, -0.2) is 4.98 Å². The molecule has 0 spiro atoms. The molecule has 1 aromatic heterocycles. The van der Waals surface area contributed by atoms with Crippen LogP contribution in [0.3, 0.4) is 0 Å². The Balaban J connectivity index is 1.73. The standard InChI is InChI=1S/C17H17N3O2/c1-22-16-9-5-2-6-12(16)15(21)10-19-17-11-18-13-7-3-4-8-14(13)20-17/h2-9,11,15,21H,10H2,1H3,(H,19,20)/t15-/m0/s1. The molecule has 2 aromatic carbocycles. The van der Waals surface area contributed by atoms with Crippen molar-refractivity contribution < 1.29 is 9.84 Å². The highest BCUT2D eigenvalue weighted by Crippen LogP contribution is 2.24. The number of rotatable bonds is 5. The summed E-state index contributed by atoms with van der Waals surface area (Å²) in [4.78, 5) is 8.80. The highest BCUT2D eigenvalue weighted by molar-refractivity contribution is 5.75. The summed E-state index contributed by atoms with van der Waals surface area (Å²) in [5, 5.41) is 13.4. The van der Waals surface area contributed by atoms with E-state index in [2.05, 4.69) is 15.3 Å². The molecule has 0 bridgehead atoms. The number of para-hydroxylation sites is 3. The van der Waals surface area contributed by atoms with Gasteiger partial charge in [0.25, 0.3) is 0 Å². The number of fused-ring (bicyclic) bond motifs is 1. The smallest absolute Gasteiger partial charge is 0.145 e. The van der Waals surface area contributed by atoms with Crippen molar-refractivity contribution in [1.82, 2.24) is 9.97 Å². The molecule has 0 aliphatic carbocycles. The zero-order valence-electron chi connectivity index (χ0n) is 12.2. The van der Waals surface area contributed by atoms with Crippen LogP contribution in [-0.4, -0.2) is 28.7 Å². The number of aliphatic hydroxyl groups is 1. The highest BCUT2D eigenvalue weighted by atomic mass is 16.5. The van der Waals surface area contributed by atoms with Crippen molar-refractivity contribution in [2.75, 3.05) is 19.0 Å². The van der Waals surface area contributed by atoms with E-state index in [-0.39, 0.29) is 0 Å². The van der Waals surface area contributed by atoms with E-state index in [1.54, 1.807) is 13.3 Å². The second-order valence-corrected chi connectivity index (χ2v) is 4.88. The van der Waals surface area contributed by atoms with Crippen LogP contribution < -0.4 is 10.1 Å². The summed E-state index contributed by atoms with van der Waals surface area (Å²) >= 11 is 0. The molecule has 1 atom stereocenters. The van der Waals surface area contributed by atoms with E-state index in [1.165, 1.54) is 0 Å². The zero-order valence-corrected chi connectivity index (χ0v) is 12.2. The number of ether oxygens (including phenoxy) is 1. The monoisotopic (exact) mass is 295 g/mol. The molecule has 112 valence electrons. The summed E-state index contributed by atoms with van der Waals surface area (Å²) in [5.74, 6) is 1.30. The fraction of sp³-hybridized carbons (Fsp3) is 0.176. The number of benzene rings is 2. The first-order valence-corrected chi connectivity index (χ1v) is 7.04. The van der Waals surface area contributed by atoms with Crippen molar-refractivity contribution in [3.63, 3.8) is 0 Å². The maximum atomic E-state index is 10.3. The van der Waals surface area contributed by atoms with Crippen LogP contribution in [0.4, 0.5) is 5.82 Å². The SMILES string of the molecule is COc1ccccc1[C@@H](O)CNc1cnc2ccccc2n1. The third-order valence-corrected chi connectivity index (χ3v) is 3.42. The molecule has 0 saturated carbocycles. The van der Waals surface area contributed by atoms with Gasteiger partial charge in [0, 0.05) is 12.1 Å². The van der Waals surface area contributed by atoms with E-state index in [9.17, 15) is 5.11 Å². The second kappa shape index (κ2) is 6.41. The quantitative estimate of drug-likeness (QED) is 0.757. The van der Waals surface area contributed by atoms with Gasteiger partial charge in [0.15, 0.2) is 0 Å². The Morgan fingerprint density at radius 1 is 1.09 bits per heavy atom. The Labute approximate surface area is 128 Å². The Morgan fingerprint density at radius 3 is 2.64 bits per heavy atom. The van der Waals surface area contributed by atoms with Crippen LogP contribution in [0.15, 0.2) is 54.7 Å². The number of nitrogens with zero attached hydrogens (tertiary/aromatic N) is 2. The molecule has 22 heavy (non-hydrogen) atoms. The van der Waals surface area contributed by atoms with E-state index in [4.69, 9.17) is 4.74 Å². The normalized spacial score (nSPS) is 12.1. The molecule has 0 saturated heterocycles. The van der Waals surface area contributed by atoms with E-state index in [1.807, 2.05) is 48.5 Å². The van der Waals surface area contributed by atoms with Gasteiger partial charge in [-0.15, -0.1) is 0 Å². The van der Waals surface area contributed by atoms with Crippen molar-refractivity contribution in [1.29, 1.82) is 0 Å². The van der Waals surface area contributed by atoms with Crippen molar-refractivity contribution in [3.05, 3.63) is 60.3 Å². The lowest BCUT2D eigenvalue weighted by Crippen LogP contribution is -2.14. The highest BCUT2D eigenvalue weighted by Gasteiger charge is 2.12. The van der Waals surface area contributed by atoms with Gasteiger partial charge in [0.1, 0.15) is 11.6 Å². The number of aromatic nitrogens is 2. The van der Waals surface area contributed by atoms with Gasteiger partial charge in [-0.1, -0.05) is 30.3 Å². The summed E-state index contributed by atoms with van der Waals surface area (Å²) in [6.07, 6.45) is 0.974. The second-order valence-electron chi connectivity index (χ2n) is 4.88. The van der Waals surface area contributed by atoms with E-state index in [0.29, 0.717) is 18.1 Å². The first kappa shape index (κ1) is 14.3. The molecular weight excluding hydrogens is 278 g/mol. The van der Waals surface area contributed by atoms with Crippen LogP contribution in [0.2, 0.25) is 0 Å². The molecule has 3 rings (SSSR count). The van der Waals surface area contributed by atoms with Crippen LogP contribution in [0.25, 0.3) is 11.0 Å². The number of hydrogen-bond donors (Lipinski definition) is 2. The predicted octanol–water partition coefficient (Wildman–Crippen LogP) is 2.78. The fourth-order valence-electron chi connectivity index (χ4n) is 2.30. The predicted molar refractivity (Wildman–Crippen MR) is 86.0 cm³/mol. The molecular formula is C17H17N3O2. The third-order valence-electron chi connectivity index (χ3n) is 3.42. The molecule has 5 nitrogen and oxygen atoms in total. The molecule has 0 fully saturated rings. The molecule has 0 aliphatic rings. The van der Waals surface area contributed by atoms with Crippen molar-refractivity contribution in [3.8, 4) is 5.75 Å². The summed E-state index contributed by atoms with van der Waals surface area (Å²) in [5.41, 5.74) is 2.41. The number of methoxy groups -OCH3 is 1. The van der Waals surface area contributed by atoms with Crippen molar-refractivity contribution >= 4 is 16.9 Å². The first-order valence-electron chi connectivity index (χ1n) is 7.04.